The van der Waals surface area contributed by atoms with E-state index in [2.05, 4.69) is 15.6 Å². The minimum Gasteiger partial charge on any atom is -0.493 e. The van der Waals surface area contributed by atoms with Crippen LogP contribution in [0, 0.1) is 5.82 Å². The molecule has 1 N–H and O–H groups in total. The number of aromatic nitrogens is 3. The predicted octanol–water partition coefficient (Wildman–Crippen LogP) is 4.81. The zero-order valence-electron chi connectivity index (χ0n) is 22.5. The lowest BCUT2D eigenvalue weighted by Crippen LogP contribution is -2.48. The van der Waals surface area contributed by atoms with Crippen molar-refractivity contribution in [2.75, 3.05) is 19.1 Å². The molecule has 40 heavy (non-hydrogen) atoms. The number of carbonyl (C=O) groups excluding carboxylic acids is 2. The molecule has 2 amide bonds. The minimum atomic E-state index is -1.14. The molecule has 1 heterocycles. The lowest BCUT2D eigenvalue weighted by molar-refractivity contribution is -0.127. The number of ether oxygens (including phenoxy) is 2. The number of nitrogens with zero attached hydrogens (tertiary/aromatic N) is 4. The molecular weight excluding hydrogens is 513 g/mol. The van der Waals surface area contributed by atoms with Crippen LogP contribution in [0.4, 0.5) is 10.1 Å². The molecule has 4 aromatic rings. The van der Waals surface area contributed by atoms with Crippen LogP contribution in [0.3, 0.4) is 0 Å². The maximum Gasteiger partial charge on any atom is 0.249 e. The molecule has 0 radical (unpaired) electrons. The molecule has 1 saturated carbocycles. The normalized spacial score (nSPS) is 14.5. The van der Waals surface area contributed by atoms with Crippen molar-refractivity contribution in [1.29, 1.82) is 0 Å². The standard InChI is InChI=1S/C30H32FN5O4/c1-39-26-14-8-11-23(29(26)40-2)28(30(38)32-21-9-4-3-5-10-21)36(22-17-15-20(31)16-18-22)27(37)19-35-25-13-7-6-12-24(25)33-34-35/h6-8,11-18,21,28H,3-5,9-10,19H2,1-2H3,(H,32,38)/t28-/m1/s1. The highest BCUT2D eigenvalue weighted by Crippen LogP contribution is 2.39. The second-order valence-electron chi connectivity index (χ2n) is 9.80. The second-order valence-corrected chi connectivity index (χ2v) is 9.80. The molecule has 9 nitrogen and oxygen atoms in total. The van der Waals surface area contributed by atoms with Crippen LogP contribution < -0.4 is 19.7 Å². The van der Waals surface area contributed by atoms with E-state index in [1.807, 2.05) is 24.3 Å². The quantitative estimate of drug-likeness (QED) is 0.324. The van der Waals surface area contributed by atoms with Gasteiger partial charge in [0.1, 0.15) is 23.9 Å². The van der Waals surface area contributed by atoms with E-state index in [9.17, 15) is 14.0 Å². The van der Waals surface area contributed by atoms with Gasteiger partial charge in [-0.05, 0) is 55.3 Å². The molecule has 3 aromatic carbocycles. The van der Waals surface area contributed by atoms with Gasteiger partial charge in [0, 0.05) is 17.3 Å². The van der Waals surface area contributed by atoms with E-state index in [4.69, 9.17) is 9.47 Å². The van der Waals surface area contributed by atoms with Crippen LogP contribution in [-0.2, 0) is 16.1 Å². The molecule has 10 heteroatoms. The number of amides is 2. The number of methoxy groups -OCH3 is 2. The maximum atomic E-state index is 14.2. The number of carbonyl (C=O) groups is 2. The van der Waals surface area contributed by atoms with Gasteiger partial charge < -0.3 is 14.8 Å². The van der Waals surface area contributed by atoms with Gasteiger partial charge in [-0.3, -0.25) is 14.5 Å². The molecule has 1 aliphatic carbocycles. The molecule has 1 atom stereocenters. The Morgan fingerprint density at radius 1 is 1.00 bits per heavy atom. The molecule has 1 fully saturated rings. The number of fused-ring (bicyclic) bond motifs is 1. The molecule has 0 unspecified atom stereocenters. The number of benzene rings is 3. The predicted molar refractivity (Wildman–Crippen MR) is 149 cm³/mol. The maximum absolute atomic E-state index is 14.2. The zero-order valence-corrected chi connectivity index (χ0v) is 22.5. The van der Waals surface area contributed by atoms with Crippen LogP contribution in [0.15, 0.2) is 66.7 Å². The molecule has 0 saturated heterocycles. The van der Waals surface area contributed by atoms with Gasteiger partial charge in [-0.25, -0.2) is 9.07 Å². The number of nitrogens with one attached hydrogen (secondary N) is 1. The Labute approximate surface area is 231 Å². The SMILES string of the molecule is COc1cccc([C@H](C(=O)NC2CCCCC2)N(C(=O)Cn2nnc3ccccc32)c2ccc(F)cc2)c1OC. The van der Waals surface area contributed by atoms with Crippen molar-refractivity contribution in [3.8, 4) is 11.5 Å². The van der Waals surface area contributed by atoms with Gasteiger partial charge in [-0.1, -0.05) is 48.7 Å². The first-order valence-corrected chi connectivity index (χ1v) is 13.4. The topological polar surface area (TPSA) is 98.6 Å². The third-order valence-corrected chi connectivity index (χ3v) is 7.26. The lowest BCUT2D eigenvalue weighted by atomic mass is 9.94. The largest absolute Gasteiger partial charge is 0.493 e. The number of hydrogen-bond donors (Lipinski definition) is 1. The summed E-state index contributed by atoms with van der Waals surface area (Å²) >= 11 is 0. The summed E-state index contributed by atoms with van der Waals surface area (Å²) in [6.07, 6.45) is 4.91. The van der Waals surface area contributed by atoms with Gasteiger partial charge >= 0.3 is 0 Å². The van der Waals surface area contributed by atoms with E-state index < -0.39 is 17.8 Å². The van der Waals surface area contributed by atoms with Gasteiger partial charge in [0.2, 0.25) is 11.8 Å². The summed E-state index contributed by atoms with van der Waals surface area (Å²) in [6.45, 7) is -0.197. The van der Waals surface area contributed by atoms with Crippen molar-refractivity contribution in [2.45, 2.75) is 50.7 Å². The fourth-order valence-corrected chi connectivity index (χ4v) is 5.33. The van der Waals surface area contributed by atoms with Crippen LogP contribution in [0.25, 0.3) is 11.0 Å². The van der Waals surface area contributed by atoms with E-state index >= 15 is 0 Å². The molecule has 0 spiro atoms. The zero-order chi connectivity index (χ0) is 28.1. The average molecular weight is 546 g/mol. The highest BCUT2D eigenvalue weighted by molar-refractivity contribution is 6.02. The molecule has 0 bridgehead atoms. The summed E-state index contributed by atoms with van der Waals surface area (Å²) in [5.41, 5.74) is 2.11. The van der Waals surface area contributed by atoms with Crippen LogP contribution in [-0.4, -0.2) is 47.1 Å². The second kappa shape index (κ2) is 12.1. The van der Waals surface area contributed by atoms with Crippen LogP contribution in [0.5, 0.6) is 11.5 Å². The summed E-state index contributed by atoms with van der Waals surface area (Å²) in [4.78, 5) is 29.7. The Balaban J connectivity index is 1.62. The Morgan fingerprint density at radius 3 is 2.48 bits per heavy atom. The van der Waals surface area contributed by atoms with Gasteiger partial charge in [-0.15, -0.1) is 5.10 Å². The first-order chi connectivity index (χ1) is 19.5. The van der Waals surface area contributed by atoms with E-state index in [1.165, 1.54) is 48.1 Å². The summed E-state index contributed by atoms with van der Waals surface area (Å²) in [5.74, 6) is -0.500. The monoisotopic (exact) mass is 545 g/mol. The summed E-state index contributed by atoms with van der Waals surface area (Å²) in [6, 6.07) is 16.9. The smallest absolute Gasteiger partial charge is 0.249 e. The first-order valence-electron chi connectivity index (χ1n) is 13.4. The number of anilines is 1. The van der Waals surface area contributed by atoms with Gasteiger partial charge in [0.15, 0.2) is 11.5 Å². The Hall–Kier alpha value is -4.47. The van der Waals surface area contributed by atoms with Crippen molar-refractivity contribution < 1.29 is 23.5 Å². The average Bonchev–Trinajstić information content (AvgIpc) is 3.39. The van der Waals surface area contributed by atoms with E-state index in [1.54, 1.807) is 18.2 Å². The molecule has 1 aromatic heterocycles. The highest BCUT2D eigenvalue weighted by Gasteiger charge is 2.37. The van der Waals surface area contributed by atoms with Crippen LogP contribution >= 0.6 is 0 Å². The molecule has 5 rings (SSSR count). The van der Waals surface area contributed by atoms with Crippen molar-refractivity contribution in [3.05, 3.63) is 78.1 Å². The third-order valence-electron chi connectivity index (χ3n) is 7.26. The molecule has 1 aliphatic rings. The van der Waals surface area contributed by atoms with Crippen LogP contribution in [0.1, 0.15) is 43.7 Å². The van der Waals surface area contributed by atoms with Crippen molar-refractivity contribution in [3.63, 3.8) is 0 Å². The highest BCUT2D eigenvalue weighted by atomic mass is 19.1. The fourth-order valence-electron chi connectivity index (χ4n) is 5.33. The van der Waals surface area contributed by atoms with Crippen molar-refractivity contribution in [2.24, 2.45) is 0 Å². The first kappa shape index (κ1) is 27.1. The number of para-hydroxylation sites is 2. The molecule has 0 aliphatic heterocycles. The lowest BCUT2D eigenvalue weighted by Gasteiger charge is -2.34. The number of rotatable bonds is 9. The number of halogens is 1. The Morgan fingerprint density at radius 2 is 1.75 bits per heavy atom. The third kappa shape index (κ3) is 5.61. The summed E-state index contributed by atoms with van der Waals surface area (Å²) < 4.78 is 26.7. The van der Waals surface area contributed by atoms with Gasteiger partial charge in [0.05, 0.1) is 19.7 Å². The Bertz CT molecular complexity index is 1480. The van der Waals surface area contributed by atoms with E-state index in [0.29, 0.717) is 33.8 Å². The number of hydrogen-bond acceptors (Lipinski definition) is 6. The summed E-state index contributed by atoms with van der Waals surface area (Å²) in [7, 11) is 3.00. The van der Waals surface area contributed by atoms with E-state index in [-0.39, 0.29) is 18.5 Å². The Kier molecular flexibility index (Phi) is 8.23. The molecular formula is C30H32FN5O4. The fraction of sp³-hybridized carbons (Fsp3) is 0.333. The van der Waals surface area contributed by atoms with Crippen molar-refractivity contribution >= 4 is 28.5 Å². The molecule has 208 valence electrons. The minimum absolute atomic E-state index is 0.00946. The van der Waals surface area contributed by atoms with Gasteiger partial charge in [-0.2, -0.15) is 0 Å². The summed E-state index contributed by atoms with van der Waals surface area (Å²) in [5, 5.41) is 11.5. The van der Waals surface area contributed by atoms with Gasteiger partial charge in [0.25, 0.3) is 0 Å². The van der Waals surface area contributed by atoms with Crippen LogP contribution in [0.2, 0.25) is 0 Å². The van der Waals surface area contributed by atoms with E-state index in [0.717, 1.165) is 32.1 Å². The van der Waals surface area contributed by atoms with Crippen molar-refractivity contribution in [1.82, 2.24) is 20.3 Å².